The van der Waals surface area contributed by atoms with Crippen LogP contribution >= 0.6 is 0 Å². The summed E-state index contributed by atoms with van der Waals surface area (Å²) in [5.41, 5.74) is 8.30. The van der Waals surface area contributed by atoms with Crippen LogP contribution in [0, 0.1) is 5.92 Å². The highest BCUT2D eigenvalue weighted by molar-refractivity contribution is 5.37. The fourth-order valence-corrected chi connectivity index (χ4v) is 4.02. The Morgan fingerprint density at radius 3 is 2.90 bits per heavy atom. The fraction of sp³-hybridized carbons (Fsp3) is 0.647. The highest BCUT2D eigenvalue weighted by Gasteiger charge is 2.35. The van der Waals surface area contributed by atoms with Crippen molar-refractivity contribution in [1.29, 1.82) is 0 Å². The minimum atomic E-state index is 0.545. The van der Waals surface area contributed by atoms with E-state index in [1.165, 1.54) is 44.2 Å². The van der Waals surface area contributed by atoms with Crippen LogP contribution in [0.25, 0.3) is 0 Å². The third-order valence-electron chi connectivity index (χ3n) is 5.08. The third-order valence-corrected chi connectivity index (χ3v) is 5.08. The summed E-state index contributed by atoms with van der Waals surface area (Å²) in [5, 5.41) is 0. The topological polar surface area (TPSA) is 38.5 Å². The van der Waals surface area contributed by atoms with E-state index in [9.17, 15) is 0 Å². The summed E-state index contributed by atoms with van der Waals surface area (Å²) in [7, 11) is 1.71. The van der Waals surface area contributed by atoms with Crippen molar-refractivity contribution in [2.45, 2.75) is 51.2 Å². The van der Waals surface area contributed by atoms with Crippen LogP contribution in [0.1, 0.15) is 43.2 Å². The molecule has 0 radical (unpaired) electrons. The van der Waals surface area contributed by atoms with Crippen molar-refractivity contribution in [2.24, 2.45) is 11.7 Å². The summed E-state index contributed by atoms with van der Waals surface area (Å²) in [5.74, 6) is 1.86. The molecule has 20 heavy (non-hydrogen) atoms. The Bertz CT molecular complexity index is 460. The van der Waals surface area contributed by atoms with Crippen LogP contribution < -0.4 is 10.5 Å². The van der Waals surface area contributed by atoms with Crippen LogP contribution in [0.2, 0.25) is 0 Å². The molecular weight excluding hydrogens is 248 g/mol. The number of fused-ring (bicyclic) bond motifs is 1. The van der Waals surface area contributed by atoms with E-state index in [-0.39, 0.29) is 0 Å². The molecule has 2 aliphatic rings. The van der Waals surface area contributed by atoms with Crippen molar-refractivity contribution in [1.82, 2.24) is 4.90 Å². The van der Waals surface area contributed by atoms with Gasteiger partial charge in [-0.25, -0.2) is 0 Å². The molecule has 1 aromatic rings. The summed E-state index contributed by atoms with van der Waals surface area (Å²) in [4.78, 5) is 2.69. The molecule has 3 rings (SSSR count). The quantitative estimate of drug-likeness (QED) is 0.917. The second-order valence-electron chi connectivity index (χ2n) is 6.22. The second kappa shape index (κ2) is 6.15. The first kappa shape index (κ1) is 13.9. The molecule has 0 amide bonds. The number of rotatable bonds is 4. The van der Waals surface area contributed by atoms with Crippen molar-refractivity contribution in [3.63, 3.8) is 0 Å². The fourth-order valence-electron chi connectivity index (χ4n) is 4.02. The van der Waals surface area contributed by atoms with E-state index >= 15 is 0 Å². The van der Waals surface area contributed by atoms with Crippen LogP contribution in [0.4, 0.5) is 0 Å². The Morgan fingerprint density at radius 1 is 1.25 bits per heavy atom. The molecule has 110 valence electrons. The van der Waals surface area contributed by atoms with Crippen molar-refractivity contribution >= 4 is 0 Å². The van der Waals surface area contributed by atoms with Crippen LogP contribution in [-0.4, -0.2) is 24.6 Å². The maximum absolute atomic E-state index is 5.82. The van der Waals surface area contributed by atoms with Crippen LogP contribution in [0.5, 0.6) is 5.75 Å². The molecule has 2 fully saturated rings. The molecular formula is C17H26N2O. The number of likely N-dealkylation sites (tertiary alicyclic amines) is 1. The van der Waals surface area contributed by atoms with E-state index < -0.39 is 0 Å². The molecule has 3 heteroatoms. The van der Waals surface area contributed by atoms with E-state index in [0.29, 0.717) is 6.54 Å². The standard InChI is InChI=1S/C17H26N2O/c1-20-17-7-6-13(10-15(17)11-18)12-19-9-8-14-4-2-3-5-16(14)19/h6-7,10,14,16H,2-5,8-9,11-12,18H2,1H3. The van der Waals surface area contributed by atoms with E-state index in [0.717, 1.165) is 29.8 Å². The van der Waals surface area contributed by atoms with Crippen LogP contribution in [0.3, 0.4) is 0 Å². The lowest BCUT2D eigenvalue weighted by Gasteiger charge is -2.31. The van der Waals surface area contributed by atoms with Gasteiger partial charge in [0.2, 0.25) is 0 Å². The lowest BCUT2D eigenvalue weighted by molar-refractivity contribution is 0.176. The largest absolute Gasteiger partial charge is 0.496 e. The number of nitrogens with zero attached hydrogens (tertiary/aromatic N) is 1. The molecule has 0 bridgehead atoms. The molecule has 3 nitrogen and oxygen atoms in total. The van der Waals surface area contributed by atoms with E-state index in [2.05, 4.69) is 23.1 Å². The summed E-state index contributed by atoms with van der Waals surface area (Å²) in [6.07, 6.45) is 7.08. The summed E-state index contributed by atoms with van der Waals surface area (Å²) >= 11 is 0. The predicted molar refractivity (Wildman–Crippen MR) is 81.7 cm³/mol. The monoisotopic (exact) mass is 274 g/mol. The zero-order valence-electron chi connectivity index (χ0n) is 12.5. The molecule has 1 heterocycles. The molecule has 1 saturated carbocycles. The Morgan fingerprint density at radius 2 is 2.10 bits per heavy atom. The maximum Gasteiger partial charge on any atom is 0.123 e. The van der Waals surface area contributed by atoms with Crippen molar-refractivity contribution in [3.8, 4) is 5.75 Å². The van der Waals surface area contributed by atoms with E-state index in [4.69, 9.17) is 10.5 Å². The average Bonchev–Trinajstić information content (AvgIpc) is 2.90. The highest BCUT2D eigenvalue weighted by Crippen LogP contribution is 2.37. The van der Waals surface area contributed by atoms with Gasteiger partial charge in [0, 0.05) is 24.7 Å². The van der Waals surface area contributed by atoms with Gasteiger partial charge >= 0.3 is 0 Å². The van der Waals surface area contributed by atoms with Gasteiger partial charge in [0.1, 0.15) is 5.75 Å². The van der Waals surface area contributed by atoms with Gasteiger partial charge in [-0.15, -0.1) is 0 Å². The Hall–Kier alpha value is -1.06. The Balaban J connectivity index is 1.71. The van der Waals surface area contributed by atoms with Gasteiger partial charge in [0.15, 0.2) is 0 Å². The minimum absolute atomic E-state index is 0.545. The first-order valence-corrected chi connectivity index (χ1v) is 7.91. The van der Waals surface area contributed by atoms with Gasteiger partial charge in [0.05, 0.1) is 7.11 Å². The zero-order valence-corrected chi connectivity index (χ0v) is 12.5. The van der Waals surface area contributed by atoms with Crippen molar-refractivity contribution < 1.29 is 4.74 Å². The van der Waals surface area contributed by atoms with Crippen molar-refractivity contribution in [2.75, 3.05) is 13.7 Å². The number of methoxy groups -OCH3 is 1. The Kier molecular flexibility index (Phi) is 4.27. The van der Waals surface area contributed by atoms with Crippen molar-refractivity contribution in [3.05, 3.63) is 29.3 Å². The van der Waals surface area contributed by atoms with E-state index in [1.54, 1.807) is 7.11 Å². The molecule has 2 unspecified atom stereocenters. The molecule has 2 atom stereocenters. The summed E-state index contributed by atoms with van der Waals surface area (Å²) < 4.78 is 5.35. The van der Waals surface area contributed by atoms with Gasteiger partial charge in [-0.1, -0.05) is 18.9 Å². The van der Waals surface area contributed by atoms with E-state index in [1.807, 2.05) is 0 Å². The zero-order chi connectivity index (χ0) is 13.9. The summed E-state index contributed by atoms with van der Waals surface area (Å²) in [6, 6.07) is 7.29. The van der Waals surface area contributed by atoms with Gasteiger partial charge < -0.3 is 10.5 Å². The normalized spacial score (nSPS) is 26.5. The summed E-state index contributed by atoms with van der Waals surface area (Å²) in [6.45, 7) is 2.88. The number of hydrogen-bond acceptors (Lipinski definition) is 3. The lowest BCUT2D eigenvalue weighted by atomic mass is 9.85. The lowest BCUT2D eigenvalue weighted by Crippen LogP contribution is -2.34. The smallest absolute Gasteiger partial charge is 0.123 e. The van der Waals surface area contributed by atoms with Crippen LogP contribution in [0.15, 0.2) is 18.2 Å². The van der Waals surface area contributed by atoms with Crippen LogP contribution in [-0.2, 0) is 13.1 Å². The number of ether oxygens (including phenoxy) is 1. The van der Waals surface area contributed by atoms with Gasteiger partial charge in [-0.2, -0.15) is 0 Å². The number of hydrogen-bond donors (Lipinski definition) is 1. The van der Waals surface area contributed by atoms with Gasteiger partial charge in [-0.05, 0) is 49.4 Å². The molecule has 2 N–H and O–H groups in total. The minimum Gasteiger partial charge on any atom is -0.496 e. The molecule has 1 saturated heterocycles. The molecule has 0 spiro atoms. The SMILES string of the molecule is COc1ccc(CN2CCC3CCCCC32)cc1CN. The van der Waals surface area contributed by atoms with Gasteiger partial charge in [0.25, 0.3) is 0 Å². The first-order chi connectivity index (χ1) is 9.81. The molecule has 1 aliphatic heterocycles. The Labute approximate surface area is 122 Å². The first-order valence-electron chi connectivity index (χ1n) is 7.91. The molecule has 1 aromatic carbocycles. The molecule has 0 aromatic heterocycles. The molecule has 1 aliphatic carbocycles. The highest BCUT2D eigenvalue weighted by atomic mass is 16.5. The average molecular weight is 274 g/mol. The van der Waals surface area contributed by atoms with Gasteiger partial charge in [-0.3, -0.25) is 4.90 Å². The third kappa shape index (κ3) is 2.70. The second-order valence-corrected chi connectivity index (χ2v) is 6.22. The maximum atomic E-state index is 5.82. The number of nitrogens with two attached hydrogens (primary N) is 1. The number of benzene rings is 1. The predicted octanol–water partition coefficient (Wildman–Crippen LogP) is 2.92.